The first-order chi connectivity index (χ1) is 7.16. The summed E-state index contributed by atoms with van der Waals surface area (Å²) >= 11 is 1.54. The summed E-state index contributed by atoms with van der Waals surface area (Å²) in [5.41, 5.74) is 3.52. The van der Waals surface area contributed by atoms with Crippen molar-refractivity contribution in [1.82, 2.24) is 4.98 Å². The number of hydrogen-bond acceptors (Lipinski definition) is 4. The molecular formula is C10H10N2O2S. The van der Waals surface area contributed by atoms with Gasteiger partial charge in [-0.05, 0) is 25.1 Å². The predicted octanol–water partition coefficient (Wildman–Crippen LogP) is 2.18. The van der Waals surface area contributed by atoms with Crippen molar-refractivity contribution in [1.29, 1.82) is 0 Å². The molecule has 0 saturated heterocycles. The fourth-order valence-corrected chi connectivity index (χ4v) is 1.97. The number of anilines is 1. The SMILES string of the molecule is CC(Nc1ccc2ncsc2c1)C(=O)O. The quantitative estimate of drug-likeness (QED) is 0.835. The minimum atomic E-state index is -0.862. The van der Waals surface area contributed by atoms with E-state index in [-0.39, 0.29) is 0 Å². The molecule has 0 saturated carbocycles. The molecule has 0 bridgehead atoms. The number of nitrogens with zero attached hydrogens (tertiary/aromatic N) is 1. The van der Waals surface area contributed by atoms with E-state index in [4.69, 9.17) is 5.11 Å². The van der Waals surface area contributed by atoms with Crippen LogP contribution in [-0.2, 0) is 4.79 Å². The van der Waals surface area contributed by atoms with Gasteiger partial charge in [-0.2, -0.15) is 0 Å². The predicted molar refractivity (Wildman–Crippen MR) is 60.3 cm³/mol. The molecule has 0 radical (unpaired) electrons. The van der Waals surface area contributed by atoms with Crippen molar-refractivity contribution in [3.8, 4) is 0 Å². The van der Waals surface area contributed by atoms with Crippen LogP contribution >= 0.6 is 11.3 Å². The zero-order valence-electron chi connectivity index (χ0n) is 8.10. The van der Waals surface area contributed by atoms with Crippen molar-refractivity contribution < 1.29 is 9.90 Å². The van der Waals surface area contributed by atoms with E-state index in [0.29, 0.717) is 0 Å². The smallest absolute Gasteiger partial charge is 0.325 e. The van der Waals surface area contributed by atoms with Crippen molar-refractivity contribution >= 4 is 33.2 Å². The molecule has 4 nitrogen and oxygen atoms in total. The Balaban J connectivity index is 2.24. The summed E-state index contributed by atoms with van der Waals surface area (Å²) in [5, 5.41) is 11.6. The van der Waals surface area contributed by atoms with Crippen LogP contribution in [0.15, 0.2) is 23.7 Å². The normalized spacial score (nSPS) is 12.6. The Hall–Kier alpha value is -1.62. The van der Waals surface area contributed by atoms with Gasteiger partial charge >= 0.3 is 5.97 Å². The first-order valence-corrected chi connectivity index (χ1v) is 5.37. The average Bonchev–Trinajstić information content (AvgIpc) is 2.64. The Bertz CT molecular complexity index is 495. The highest BCUT2D eigenvalue weighted by atomic mass is 32.1. The van der Waals surface area contributed by atoms with Crippen molar-refractivity contribution in [2.75, 3.05) is 5.32 Å². The number of thiazole rings is 1. The van der Waals surface area contributed by atoms with Crippen molar-refractivity contribution in [2.24, 2.45) is 0 Å². The fraction of sp³-hybridized carbons (Fsp3) is 0.200. The first-order valence-electron chi connectivity index (χ1n) is 4.49. The number of carboxylic acid groups (broad SMARTS) is 1. The molecule has 2 rings (SSSR count). The van der Waals surface area contributed by atoms with Crippen LogP contribution in [0.25, 0.3) is 10.2 Å². The Morgan fingerprint density at radius 2 is 2.40 bits per heavy atom. The molecule has 5 heteroatoms. The van der Waals surface area contributed by atoms with Crippen LogP contribution < -0.4 is 5.32 Å². The Kier molecular flexibility index (Phi) is 2.55. The van der Waals surface area contributed by atoms with Gasteiger partial charge in [-0.25, -0.2) is 4.98 Å². The molecule has 0 aliphatic rings. The number of carboxylic acids is 1. The Morgan fingerprint density at radius 3 is 3.13 bits per heavy atom. The number of hydrogen-bond donors (Lipinski definition) is 2. The van der Waals surface area contributed by atoms with Crippen LogP contribution in [-0.4, -0.2) is 22.1 Å². The van der Waals surface area contributed by atoms with Crippen LogP contribution in [0.5, 0.6) is 0 Å². The van der Waals surface area contributed by atoms with E-state index in [1.807, 2.05) is 18.2 Å². The van der Waals surface area contributed by atoms with Gasteiger partial charge in [0.1, 0.15) is 6.04 Å². The van der Waals surface area contributed by atoms with Gasteiger partial charge in [0, 0.05) is 5.69 Å². The molecule has 0 amide bonds. The van der Waals surface area contributed by atoms with Crippen molar-refractivity contribution in [3.63, 3.8) is 0 Å². The highest BCUT2D eigenvalue weighted by molar-refractivity contribution is 7.16. The lowest BCUT2D eigenvalue weighted by molar-refractivity contribution is -0.137. The second-order valence-corrected chi connectivity index (χ2v) is 4.13. The molecule has 2 aromatic rings. The summed E-state index contributed by atoms with van der Waals surface area (Å²) in [7, 11) is 0. The maximum absolute atomic E-state index is 10.6. The van der Waals surface area contributed by atoms with Gasteiger partial charge < -0.3 is 10.4 Å². The monoisotopic (exact) mass is 222 g/mol. The van der Waals surface area contributed by atoms with Crippen LogP contribution in [0.3, 0.4) is 0 Å². The van der Waals surface area contributed by atoms with Gasteiger partial charge in [0.15, 0.2) is 0 Å². The van der Waals surface area contributed by atoms with Gasteiger partial charge in [0.25, 0.3) is 0 Å². The molecule has 1 atom stereocenters. The van der Waals surface area contributed by atoms with Gasteiger partial charge in [0.05, 0.1) is 15.7 Å². The van der Waals surface area contributed by atoms with Crippen molar-refractivity contribution in [3.05, 3.63) is 23.7 Å². The molecule has 1 heterocycles. The summed E-state index contributed by atoms with van der Waals surface area (Å²) in [6, 6.07) is 5.03. The van der Waals surface area contributed by atoms with E-state index in [1.54, 1.807) is 12.4 Å². The van der Waals surface area contributed by atoms with Gasteiger partial charge in [-0.15, -0.1) is 11.3 Å². The zero-order valence-corrected chi connectivity index (χ0v) is 8.91. The third kappa shape index (κ3) is 2.07. The zero-order chi connectivity index (χ0) is 10.8. The number of carbonyl (C=O) groups is 1. The lowest BCUT2D eigenvalue weighted by Gasteiger charge is -2.10. The molecule has 0 spiro atoms. The van der Waals surface area contributed by atoms with Crippen LogP contribution in [0, 0.1) is 0 Å². The molecule has 0 fully saturated rings. The van der Waals surface area contributed by atoms with E-state index in [9.17, 15) is 4.79 Å². The average molecular weight is 222 g/mol. The minimum Gasteiger partial charge on any atom is -0.480 e. The van der Waals surface area contributed by atoms with Gasteiger partial charge in [-0.3, -0.25) is 4.79 Å². The highest BCUT2D eigenvalue weighted by Crippen LogP contribution is 2.22. The first kappa shape index (κ1) is 9.92. The van der Waals surface area contributed by atoms with Crippen LogP contribution in [0.1, 0.15) is 6.92 Å². The summed E-state index contributed by atoms with van der Waals surface area (Å²) in [5.74, 6) is -0.862. The molecular weight excluding hydrogens is 212 g/mol. The van der Waals surface area contributed by atoms with Gasteiger partial charge in [0.2, 0.25) is 0 Å². The van der Waals surface area contributed by atoms with E-state index in [0.717, 1.165) is 15.9 Å². The van der Waals surface area contributed by atoms with Gasteiger partial charge in [-0.1, -0.05) is 0 Å². The number of fused-ring (bicyclic) bond motifs is 1. The molecule has 78 valence electrons. The molecule has 1 aromatic heterocycles. The molecule has 0 aliphatic carbocycles. The Morgan fingerprint density at radius 1 is 1.60 bits per heavy atom. The summed E-state index contributed by atoms with van der Waals surface area (Å²) < 4.78 is 1.05. The number of aromatic nitrogens is 1. The lowest BCUT2D eigenvalue weighted by Crippen LogP contribution is -2.25. The second-order valence-electron chi connectivity index (χ2n) is 3.24. The number of nitrogens with one attached hydrogen (secondary N) is 1. The standard InChI is InChI=1S/C10H10N2O2S/c1-6(10(13)14)12-7-2-3-8-9(4-7)15-5-11-8/h2-6,12H,1H3,(H,13,14). The highest BCUT2D eigenvalue weighted by Gasteiger charge is 2.10. The summed E-state index contributed by atoms with van der Waals surface area (Å²) in [6.07, 6.45) is 0. The second kappa shape index (κ2) is 3.86. The van der Waals surface area contributed by atoms with E-state index in [1.165, 1.54) is 11.3 Å². The maximum Gasteiger partial charge on any atom is 0.325 e. The third-order valence-electron chi connectivity index (χ3n) is 2.08. The minimum absolute atomic E-state index is 0.588. The molecule has 1 unspecified atom stereocenters. The number of aliphatic carboxylic acids is 1. The van der Waals surface area contributed by atoms with E-state index in [2.05, 4.69) is 10.3 Å². The number of rotatable bonds is 3. The number of benzene rings is 1. The molecule has 15 heavy (non-hydrogen) atoms. The molecule has 2 N–H and O–H groups in total. The maximum atomic E-state index is 10.6. The topological polar surface area (TPSA) is 62.2 Å². The Labute approximate surface area is 90.6 Å². The summed E-state index contributed by atoms with van der Waals surface area (Å²) in [6.45, 7) is 1.61. The van der Waals surface area contributed by atoms with E-state index >= 15 is 0 Å². The fourth-order valence-electron chi connectivity index (χ4n) is 1.26. The largest absolute Gasteiger partial charge is 0.480 e. The third-order valence-corrected chi connectivity index (χ3v) is 2.88. The summed E-state index contributed by atoms with van der Waals surface area (Å²) in [4.78, 5) is 14.8. The molecule has 1 aromatic carbocycles. The lowest BCUT2D eigenvalue weighted by atomic mass is 10.2. The molecule has 0 aliphatic heterocycles. The van der Waals surface area contributed by atoms with Crippen LogP contribution in [0.2, 0.25) is 0 Å². The van der Waals surface area contributed by atoms with Crippen molar-refractivity contribution in [2.45, 2.75) is 13.0 Å². The van der Waals surface area contributed by atoms with E-state index < -0.39 is 12.0 Å². The van der Waals surface area contributed by atoms with Crippen LogP contribution in [0.4, 0.5) is 5.69 Å².